The van der Waals surface area contributed by atoms with Crippen molar-refractivity contribution in [3.05, 3.63) is 40.3 Å². The van der Waals surface area contributed by atoms with E-state index >= 15 is 0 Å². The number of rotatable bonds is 7. The molecule has 0 fully saturated rings. The van der Waals surface area contributed by atoms with Gasteiger partial charge in [-0.25, -0.2) is 4.79 Å². The van der Waals surface area contributed by atoms with Crippen LogP contribution in [0.2, 0.25) is 0 Å². The van der Waals surface area contributed by atoms with Crippen molar-refractivity contribution in [3.8, 4) is 5.75 Å². The number of azide groups is 1. The molecule has 0 saturated carbocycles. The van der Waals surface area contributed by atoms with E-state index in [4.69, 9.17) is 19.7 Å². The fourth-order valence-corrected chi connectivity index (χ4v) is 2.15. The van der Waals surface area contributed by atoms with Crippen LogP contribution in [0.1, 0.15) is 39.3 Å². The highest BCUT2D eigenvalue weighted by Gasteiger charge is 2.33. The van der Waals surface area contributed by atoms with Crippen molar-refractivity contribution < 1.29 is 23.8 Å². The second kappa shape index (κ2) is 9.53. The number of nitrogens with one attached hydrogen (secondary N) is 1. The average molecular weight is 364 g/mol. The zero-order chi connectivity index (χ0) is 19.7. The summed E-state index contributed by atoms with van der Waals surface area (Å²) in [5.41, 5.74) is 8.62. The first kappa shape index (κ1) is 21.1. The number of hydrogen-bond donors (Lipinski definition) is 1. The van der Waals surface area contributed by atoms with E-state index in [9.17, 15) is 9.59 Å². The number of benzene rings is 1. The Kier molecular flexibility index (Phi) is 7.74. The van der Waals surface area contributed by atoms with E-state index in [0.717, 1.165) is 0 Å². The molecule has 142 valence electrons. The molecule has 0 heterocycles. The van der Waals surface area contributed by atoms with Crippen LogP contribution in [0.5, 0.6) is 5.75 Å². The highest BCUT2D eigenvalue weighted by Crippen LogP contribution is 2.25. The number of hydrogen-bond acceptors (Lipinski definition) is 6. The third-order valence-corrected chi connectivity index (χ3v) is 3.15. The molecule has 0 aromatic heterocycles. The number of methoxy groups -OCH3 is 1. The van der Waals surface area contributed by atoms with Gasteiger partial charge < -0.3 is 19.5 Å². The van der Waals surface area contributed by atoms with Gasteiger partial charge in [0.25, 0.3) is 0 Å². The maximum Gasteiger partial charge on any atom is 0.408 e. The minimum atomic E-state index is -1.31. The average Bonchev–Trinajstić information content (AvgIpc) is 2.56. The molecule has 9 nitrogen and oxygen atoms in total. The molecule has 0 aliphatic heterocycles. The highest BCUT2D eigenvalue weighted by atomic mass is 16.6. The monoisotopic (exact) mass is 364 g/mol. The first-order valence-electron chi connectivity index (χ1n) is 8.06. The number of ether oxygens (including phenoxy) is 3. The third-order valence-electron chi connectivity index (χ3n) is 3.15. The summed E-state index contributed by atoms with van der Waals surface area (Å²) in [7, 11) is 1.49. The lowest BCUT2D eigenvalue weighted by Gasteiger charge is -2.26. The van der Waals surface area contributed by atoms with Crippen LogP contribution in [0.3, 0.4) is 0 Å². The molecule has 2 atom stereocenters. The second-order valence-electron chi connectivity index (χ2n) is 6.30. The quantitative estimate of drug-likeness (QED) is 0.343. The number of esters is 1. The fraction of sp³-hybridized carbons (Fsp3) is 0.529. The summed E-state index contributed by atoms with van der Waals surface area (Å²) >= 11 is 0. The molecule has 1 aromatic carbocycles. The van der Waals surface area contributed by atoms with Crippen LogP contribution in [0.15, 0.2) is 29.4 Å². The number of amides is 1. The van der Waals surface area contributed by atoms with E-state index in [1.54, 1.807) is 52.0 Å². The summed E-state index contributed by atoms with van der Waals surface area (Å²) in [4.78, 5) is 27.2. The predicted molar refractivity (Wildman–Crippen MR) is 94.7 cm³/mol. The molecule has 1 aromatic rings. The Morgan fingerprint density at radius 3 is 2.58 bits per heavy atom. The van der Waals surface area contributed by atoms with Crippen molar-refractivity contribution in [2.45, 2.75) is 45.4 Å². The lowest BCUT2D eigenvalue weighted by molar-refractivity contribution is -0.145. The van der Waals surface area contributed by atoms with E-state index in [0.29, 0.717) is 11.3 Å². The van der Waals surface area contributed by atoms with Crippen LogP contribution in [0.25, 0.3) is 10.4 Å². The molecule has 1 N–H and O–H groups in total. The molecule has 0 unspecified atom stereocenters. The molecule has 0 radical (unpaired) electrons. The van der Waals surface area contributed by atoms with Crippen LogP contribution < -0.4 is 10.1 Å². The molecule has 0 aliphatic rings. The lowest BCUT2D eigenvalue weighted by Crippen LogP contribution is -2.42. The first-order valence-corrected chi connectivity index (χ1v) is 8.06. The van der Waals surface area contributed by atoms with Crippen molar-refractivity contribution >= 4 is 12.1 Å². The summed E-state index contributed by atoms with van der Waals surface area (Å²) in [6.45, 7) is 6.87. The molecule has 26 heavy (non-hydrogen) atoms. The predicted octanol–water partition coefficient (Wildman–Crippen LogP) is 3.50. The van der Waals surface area contributed by atoms with Crippen LogP contribution in [0, 0.1) is 0 Å². The smallest absolute Gasteiger partial charge is 0.408 e. The summed E-state index contributed by atoms with van der Waals surface area (Å²) in [6, 6.07) is 4.40. The van der Waals surface area contributed by atoms with E-state index in [1.165, 1.54) is 7.11 Å². The van der Waals surface area contributed by atoms with Gasteiger partial charge in [0.05, 0.1) is 19.8 Å². The molecule has 1 amide bonds. The van der Waals surface area contributed by atoms with E-state index < -0.39 is 29.7 Å². The minimum absolute atomic E-state index is 0.105. The molecule has 9 heteroatoms. The van der Waals surface area contributed by atoms with E-state index in [1.807, 2.05) is 0 Å². The van der Waals surface area contributed by atoms with Crippen molar-refractivity contribution in [1.82, 2.24) is 5.32 Å². The number of nitrogens with zero attached hydrogens (tertiary/aromatic N) is 3. The van der Waals surface area contributed by atoms with Gasteiger partial charge in [-0.3, -0.25) is 4.79 Å². The van der Waals surface area contributed by atoms with Crippen LogP contribution >= 0.6 is 0 Å². The first-order chi connectivity index (χ1) is 12.2. The molecule has 0 saturated heterocycles. The van der Waals surface area contributed by atoms with Gasteiger partial charge in [-0.15, -0.1) is 0 Å². The van der Waals surface area contributed by atoms with Gasteiger partial charge in [0.15, 0.2) is 6.04 Å². The maximum absolute atomic E-state index is 12.3. The molecule has 0 spiro atoms. The standard InChI is InChI=1S/C17H24N4O5/c1-6-25-15(22)14(20-21-18)13(19-16(23)26-17(2,3)4)11-8-7-9-12(10-11)24-5/h7-10,13-14H,6H2,1-5H3,(H,19,23)/t13-,14+/m0/s1. The Bertz CT molecular complexity index is 680. The Morgan fingerprint density at radius 1 is 1.35 bits per heavy atom. The SMILES string of the molecule is CCOC(=O)[C@H](N=[N+]=[N-])[C@@H](NC(=O)OC(C)(C)C)c1cccc(OC)c1. The summed E-state index contributed by atoms with van der Waals surface area (Å²) in [5, 5.41) is 6.10. The van der Waals surface area contributed by atoms with Crippen molar-refractivity contribution in [3.63, 3.8) is 0 Å². The zero-order valence-corrected chi connectivity index (χ0v) is 15.6. The lowest BCUT2D eigenvalue weighted by atomic mass is 9.99. The van der Waals surface area contributed by atoms with Gasteiger partial charge in [-0.1, -0.05) is 17.2 Å². The zero-order valence-electron chi connectivity index (χ0n) is 15.6. The van der Waals surface area contributed by atoms with Gasteiger partial charge in [-0.2, -0.15) is 0 Å². The Hall–Kier alpha value is -2.93. The summed E-state index contributed by atoms with van der Waals surface area (Å²) < 4.78 is 15.4. The van der Waals surface area contributed by atoms with Crippen molar-refractivity contribution in [2.24, 2.45) is 5.11 Å². The van der Waals surface area contributed by atoms with Gasteiger partial charge in [-0.05, 0) is 50.9 Å². The Labute approximate surface area is 152 Å². The molecule has 0 aliphatic carbocycles. The van der Waals surface area contributed by atoms with Crippen molar-refractivity contribution in [2.75, 3.05) is 13.7 Å². The van der Waals surface area contributed by atoms with Gasteiger partial charge in [0.1, 0.15) is 11.4 Å². The summed E-state index contributed by atoms with van der Waals surface area (Å²) in [5.74, 6) is -0.240. The van der Waals surface area contributed by atoms with E-state index in [2.05, 4.69) is 15.3 Å². The molecule has 1 rings (SSSR count). The Morgan fingerprint density at radius 2 is 2.04 bits per heavy atom. The fourth-order valence-electron chi connectivity index (χ4n) is 2.15. The number of alkyl carbamates (subject to hydrolysis) is 1. The minimum Gasteiger partial charge on any atom is -0.497 e. The van der Waals surface area contributed by atoms with Gasteiger partial charge in [0, 0.05) is 4.91 Å². The number of carbonyl (C=O) groups is 2. The molecule has 0 bridgehead atoms. The van der Waals surface area contributed by atoms with Crippen LogP contribution in [-0.2, 0) is 14.3 Å². The third kappa shape index (κ3) is 6.52. The van der Waals surface area contributed by atoms with Crippen molar-refractivity contribution in [1.29, 1.82) is 0 Å². The molecular formula is C17H24N4O5. The van der Waals surface area contributed by atoms with Gasteiger partial charge >= 0.3 is 12.1 Å². The summed E-state index contributed by atoms with van der Waals surface area (Å²) in [6.07, 6.45) is -0.757. The number of carbonyl (C=O) groups excluding carboxylic acids is 2. The maximum atomic E-state index is 12.3. The van der Waals surface area contributed by atoms with Crippen LogP contribution in [0.4, 0.5) is 4.79 Å². The van der Waals surface area contributed by atoms with Gasteiger partial charge in [0.2, 0.25) is 0 Å². The largest absolute Gasteiger partial charge is 0.497 e. The van der Waals surface area contributed by atoms with E-state index in [-0.39, 0.29) is 6.61 Å². The second-order valence-corrected chi connectivity index (χ2v) is 6.30. The Balaban J connectivity index is 3.27. The normalized spacial score (nSPS) is 13.0. The highest BCUT2D eigenvalue weighted by molar-refractivity contribution is 5.79. The molecular weight excluding hydrogens is 340 g/mol. The topological polar surface area (TPSA) is 123 Å². The van der Waals surface area contributed by atoms with Crippen LogP contribution in [-0.4, -0.2) is 37.4 Å².